The van der Waals surface area contributed by atoms with Crippen LogP contribution in [0.25, 0.3) is 0 Å². The molecule has 7 heteroatoms. The highest BCUT2D eigenvalue weighted by Gasteiger charge is 2.36. The number of benzene rings is 1. The third kappa shape index (κ3) is 6.76. The highest BCUT2D eigenvalue weighted by molar-refractivity contribution is 7.08. The summed E-state index contributed by atoms with van der Waals surface area (Å²) in [6.45, 7) is 8.32. The molecule has 1 N–H and O–H groups in total. The molecule has 1 aromatic heterocycles. The van der Waals surface area contributed by atoms with Gasteiger partial charge in [-0.25, -0.2) is 0 Å². The minimum Gasteiger partial charge on any atom is -0.481 e. The van der Waals surface area contributed by atoms with Crippen molar-refractivity contribution < 1.29 is 9.90 Å². The van der Waals surface area contributed by atoms with Crippen LogP contribution in [0.1, 0.15) is 56.1 Å². The second-order valence-electron chi connectivity index (χ2n) is 10.2. The van der Waals surface area contributed by atoms with E-state index in [0.717, 1.165) is 82.0 Å². The molecule has 2 aliphatic heterocycles. The van der Waals surface area contributed by atoms with Gasteiger partial charge in [0.1, 0.15) is 0 Å². The average molecular weight is 524 g/mol. The zero-order valence-corrected chi connectivity index (χ0v) is 22.3. The molecule has 0 spiro atoms. The predicted octanol–water partition coefficient (Wildman–Crippen LogP) is 6.87. The number of aliphatic carboxylic acids is 1. The van der Waals surface area contributed by atoms with Crippen molar-refractivity contribution in [1.82, 2.24) is 9.80 Å². The lowest BCUT2D eigenvalue weighted by atomic mass is 9.84. The lowest BCUT2D eigenvalue weighted by Gasteiger charge is -2.35. The number of rotatable bonds is 10. The summed E-state index contributed by atoms with van der Waals surface area (Å²) in [6.07, 6.45) is 4.82. The number of carbonyl (C=O) groups is 1. The Labute approximate surface area is 217 Å². The van der Waals surface area contributed by atoms with Crippen LogP contribution in [0.2, 0.25) is 10.0 Å². The second-order valence-corrected chi connectivity index (χ2v) is 11.8. The van der Waals surface area contributed by atoms with Crippen molar-refractivity contribution in [2.75, 3.05) is 32.7 Å². The van der Waals surface area contributed by atoms with Crippen molar-refractivity contribution in [3.05, 3.63) is 56.2 Å². The monoisotopic (exact) mass is 522 g/mol. The Kier molecular flexibility index (Phi) is 9.34. The molecule has 1 aromatic carbocycles. The first kappa shape index (κ1) is 26.0. The average Bonchev–Trinajstić information content (AvgIpc) is 3.46. The molecule has 0 amide bonds. The molecule has 34 heavy (non-hydrogen) atoms. The van der Waals surface area contributed by atoms with Crippen LogP contribution in [-0.2, 0) is 11.3 Å². The minimum atomic E-state index is -0.616. The summed E-state index contributed by atoms with van der Waals surface area (Å²) < 4.78 is 0. The Hall–Kier alpha value is -1.11. The Morgan fingerprint density at radius 3 is 2.62 bits per heavy atom. The summed E-state index contributed by atoms with van der Waals surface area (Å²) >= 11 is 14.3. The van der Waals surface area contributed by atoms with Crippen LogP contribution in [0, 0.1) is 17.8 Å². The highest BCUT2D eigenvalue weighted by atomic mass is 35.5. The van der Waals surface area contributed by atoms with E-state index in [2.05, 4.69) is 33.6 Å². The molecule has 2 fully saturated rings. The molecule has 4 nitrogen and oxygen atoms in total. The van der Waals surface area contributed by atoms with Crippen molar-refractivity contribution >= 4 is 40.5 Å². The van der Waals surface area contributed by atoms with Crippen molar-refractivity contribution in [2.45, 2.75) is 51.5 Å². The van der Waals surface area contributed by atoms with E-state index in [1.807, 2.05) is 18.2 Å². The fourth-order valence-electron chi connectivity index (χ4n) is 5.86. The number of piperidine rings is 1. The number of halogens is 2. The number of hydrogen-bond donors (Lipinski definition) is 1. The number of carboxylic acid groups (broad SMARTS) is 1. The molecule has 186 valence electrons. The molecule has 3 atom stereocenters. The van der Waals surface area contributed by atoms with Gasteiger partial charge in [0.2, 0.25) is 0 Å². The van der Waals surface area contributed by atoms with E-state index < -0.39 is 5.97 Å². The lowest BCUT2D eigenvalue weighted by molar-refractivity contribution is -0.142. The fourth-order valence-corrected chi connectivity index (χ4v) is 7.05. The van der Waals surface area contributed by atoms with Gasteiger partial charge in [0.05, 0.1) is 5.92 Å². The van der Waals surface area contributed by atoms with Crippen LogP contribution < -0.4 is 0 Å². The molecule has 2 aliphatic rings. The third-order valence-corrected chi connectivity index (χ3v) is 8.99. The summed E-state index contributed by atoms with van der Waals surface area (Å²) in [5, 5.41) is 15.4. The first-order valence-electron chi connectivity index (χ1n) is 12.6. The van der Waals surface area contributed by atoms with E-state index in [9.17, 15) is 9.90 Å². The smallest absolute Gasteiger partial charge is 0.306 e. The SMILES string of the molecule is CCC[C@H](CC1CCN(C[C@H]2CN(Cc3ccc(Cl)cc3Cl)C[C@@H]2c2ccsc2)CC1)C(=O)O. The first-order chi connectivity index (χ1) is 16.4. The summed E-state index contributed by atoms with van der Waals surface area (Å²) in [5.41, 5.74) is 2.59. The molecule has 0 saturated carbocycles. The number of nitrogens with zero attached hydrogens (tertiary/aromatic N) is 2. The van der Waals surface area contributed by atoms with Crippen LogP contribution >= 0.6 is 34.5 Å². The van der Waals surface area contributed by atoms with E-state index in [1.165, 1.54) is 5.56 Å². The summed E-state index contributed by atoms with van der Waals surface area (Å²) in [7, 11) is 0. The maximum atomic E-state index is 11.6. The number of likely N-dealkylation sites (tertiary alicyclic amines) is 2. The molecule has 0 unspecified atom stereocenters. The molecule has 0 radical (unpaired) electrons. The summed E-state index contributed by atoms with van der Waals surface area (Å²) in [5.74, 6) is 0.881. The molecule has 2 aromatic rings. The molecule has 3 heterocycles. The van der Waals surface area contributed by atoms with Gasteiger partial charge in [-0.15, -0.1) is 0 Å². The van der Waals surface area contributed by atoms with Crippen molar-refractivity contribution in [2.24, 2.45) is 17.8 Å². The molecule has 4 rings (SSSR count). The minimum absolute atomic E-state index is 0.174. The van der Waals surface area contributed by atoms with E-state index in [1.54, 1.807) is 11.3 Å². The van der Waals surface area contributed by atoms with Gasteiger partial charge in [-0.3, -0.25) is 9.69 Å². The lowest BCUT2D eigenvalue weighted by Crippen LogP contribution is -2.39. The van der Waals surface area contributed by atoms with Crippen LogP contribution in [0.4, 0.5) is 0 Å². The molecule has 2 saturated heterocycles. The van der Waals surface area contributed by atoms with E-state index in [4.69, 9.17) is 23.2 Å². The normalized spacial score (nSPS) is 23.4. The molecule has 0 bridgehead atoms. The van der Waals surface area contributed by atoms with Gasteiger partial charge in [-0.1, -0.05) is 42.6 Å². The summed E-state index contributed by atoms with van der Waals surface area (Å²) in [4.78, 5) is 16.7. The van der Waals surface area contributed by atoms with Gasteiger partial charge < -0.3 is 10.0 Å². The standard InChI is InChI=1S/C27H36Cl2N2O2S/c1-2-3-20(27(32)33)12-19-6-9-30(10-7-19)15-23-16-31(17-25(23)22-8-11-34-18-22)14-21-4-5-24(28)13-26(21)29/h4-5,8,11,13,18-20,23,25H,2-3,6-7,9-10,12,14-17H2,1H3,(H,32,33)/t20-,23+,25-/m1/s1. The molecular formula is C27H36Cl2N2O2S. The van der Waals surface area contributed by atoms with Crippen LogP contribution in [0.15, 0.2) is 35.0 Å². The number of carboxylic acids is 1. The third-order valence-electron chi connectivity index (χ3n) is 7.70. The maximum absolute atomic E-state index is 11.6. The Balaban J connectivity index is 1.35. The predicted molar refractivity (Wildman–Crippen MR) is 142 cm³/mol. The number of thiophene rings is 1. The van der Waals surface area contributed by atoms with Crippen molar-refractivity contribution in [1.29, 1.82) is 0 Å². The fraction of sp³-hybridized carbons (Fsp3) is 0.593. The van der Waals surface area contributed by atoms with Gasteiger partial charge >= 0.3 is 5.97 Å². The highest BCUT2D eigenvalue weighted by Crippen LogP contribution is 2.37. The van der Waals surface area contributed by atoms with Gasteiger partial charge in [0, 0.05) is 42.1 Å². The van der Waals surface area contributed by atoms with Gasteiger partial charge in [-0.2, -0.15) is 11.3 Å². The van der Waals surface area contributed by atoms with Crippen molar-refractivity contribution in [3.8, 4) is 0 Å². The second kappa shape index (κ2) is 12.2. The van der Waals surface area contributed by atoms with Gasteiger partial charge in [0.25, 0.3) is 0 Å². The largest absolute Gasteiger partial charge is 0.481 e. The maximum Gasteiger partial charge on any atom is 0.306 e. The van der Waals surface area contributed by atoms with Gasteiger partial charge in [0.15, 0.2) is 0 Å². The van der Waals surface area contributed by atoms with Crippen LogP contribution in [0.5, 0.6) is 0 Å². The number of hydrogen-bond acceptors (Lipinski definition) is 4. The quantitative estimate of drug-likeness (QED) is 0.369. The molecular weight excluding hydrogens is 487 g/mol. The first-order valence-corrected chi connectivity index (χ1v) is 14.3. The van der Waals surface area contributed by atoms with Gasteiger partial charge in [-0.05, 0) is 90.7 Å². The zero-order chi connectivity index (χ0) is 24.1. The topological polar surface area (TPSA) is 43.8 Å². The van der Waals surface area contributed by atoms with Crippen LogP contribution in [-0.4, -0.2) is 53.6 Å². The summed E-state index contributed by atoms with van der Waals surface area (Å²) in [6, 6.07) is 8.09. The van der Waals surface area contributed by atoms with Crippen LogP contribution in [0.3, 0.4) is 0 Å². The molecule has 0 aliphatic carbocycles. The van der Waals surface area contributed by atoms with E-state index in [0.29, 0.717) is 22.8 Å². The Morgan fingerprint density at radius 2 is 1.97 bits per heavy atom. The Morgan fingerprint density at radius 1 is 1.18 bits per heavy atom. The van der Waals surface area contributed by atoms with E-state index in [-0.39, 0.29) is 5.92 Å². The Bertz CT molecular complexity index is 931. The van der Waals surface area contributed by atoms with E-state index >= 15 is 0 Å². The van der Waals surface area contributed by atoms with Crippen molar-refractivity contribution in [3.63, 3.8) is 0 Å². The zero-order valence-electron chi connectivity index (χ0n) is 20.0.